The van der Waals surface area contributed by atoms with Crippen LogP contribution in [-0.2, 0) is 45.9 Å². The fraction of sp³-hybridized carbons (Fsp3) is 0.800. The number of amides is 2. The highest BCUT2D eigenvalue weighted by atomic mass is 31.3. The molecule has 2 amide bonds. The molecule has 23 nitrogen and oxygen atoms in total. The Labute approximate surface area is 355 Å². The number of unbranched alkanes of at least 4 members (excludes halogenated alkanes) is 13. The molecule has 0 saturated carbocycles. The highest BCUT2D eigenvalue weighted by Crippen LogP contribution is 2.61. The molecule has 3 rings (SSSR count). The van der Waals surface area contributed by atoms with E-state index >= 15 is 0 Å². The van der Waals surface area contributed by atoms with Gasteiger partial charge in [-0.15, -0.1) is 0 Å². The van der Waals surface area contributed by atoms with Gasteiger partial charge in [-0.25, -0.2) is 28.6 Å². The van der Waals surface area contributed by atoms with Gasteiger partial charge < -0.3 is 50.9 Å². The van der Waals surface area contributed by atoms with E-state index in [1.807, 2.05) is 0 Å². The van der Waals surface area contributed by atoms with Crippen LogP contribution in [0.2, 0.25) is 0 Å². The van der Waals surface area contributed by atoms with Crippen LogP contribution in [0.3, 0.4) is 0 Å². The molecular weight excluding hydrogens is 867 g/mol. The van der Waals surface area contributed by atoms with Crippen molar-refractivity contribution in [1.82, 2.24) is 30.2 Å². The first kappa shape index (κ1) is 52.9. The van der Waals surface area contributed by atoms with E-state index in [2.05, 4.69) is 41.3 Å². The second-order valence-corrected chi connectivity index (χ2v) is 19.9. The number of carbonyl (C=O) groups is 2. The maximum atomic E-state index is 12.7. The number of fused-ring (bicyclic) bond motifs is 1. The number of nitrogens with two attached hydrogens (primary N) is 1. The van der Waals surface area contributed by atoms with Gasteiger partial charge in [0.05, 0.1) is 19.5 Å². The molecule has 1 aliphatic rings. The summed E-state index contributed by atoms with van der Waals surface area (Å²) < 4.78 is 62.4. The zero-order valence-corrected chi connectivity index (χ0v) is 37.6. The average Bonchev–Trinajstić information content (AvgIpc) is 3.74. The van der Waals surface area contributed by atoms with E-state index in [1.54, 1.807) is 0 Å². The number of aliphatic hydroxyl groups is 2. The maximum absolute atomic E-state index is 12.7. The van der Waals surface area contributed by atoms with Gasteiger partial charge in [0, 0.05) is 24.9 Å². The number of hydrogen-bond donors (Lipinski definition) is 9. The Morgan fingerprint density at radius 1 is 0.869 bits per heavy atom. The normalized spacial score (nSPS) is 20.9. The third kappa shape index (κ3) is 18.7. The second kappa shape index (κ2) is 25.1. The highest BCUT2D eigenvalue weighted by molar-refractivity contribution is 7.61. The van der Waals surface area contributed by atoms with Crippen molar-refractivity contribution in [3.05, 3.63) is 12.7 Å². The number of anilines is 1. The van der Waals surface area contributed by atoms with E-state index < -0.39 is 78.6 Å². The van der Waals surface area contributed by atoms with Gasteiger partial charge in [0.15, 0.2) is 17.7 Å². The summed E-state index contributed by atoms with van der Waals surface area (Å²) in [5, 5.41) is 26.8. The number of imidazole rings is 1. The molecule has 61 heavy (non-hydrogen) atoms. The summed E-state index contributed by atoms with van der Waals surface area (Å²) >= 11 is 0. The molecule has 2 aromatic rings. The molecule has 0 radical (unpaired) electrons. The molecular formula is C35H64N7O16P3. The summed E-state index contributed by atoms with van der Waals surface area (Å²) in [7, 11) is -16.3. The minimum atomic E-state index is -5.55. The first-order valence-electron chi connectivity index (χ1n) is 20.6. The molecule has 7 unspecified atom stereocenters. The molecule has 7 atom stereocenters. The minimum Gasteiger partial charge on any atom is -0.386 e. The van der Waals surface area contributed by atoms with E-state index in [1.165, 1.54) is 84.5 Å². The fourth-order valence-electron chi connectivity index (χ4n) is 6.49. The summed E-state index contributed by atoms with van der Waals surface area (Å²) in [6.07, 6.45) is 10.5. The quantitative estimate of drug-likeness (QED) is 0.0382. The van der Waals surface area contributed by atoms with Gasteiger partial charge >= 0.3 is 23.5 Å². The van der Waals surface area contributed by atoms with Crippen LogP contribution >= 0.6 is 23.5 Å². The van der Waals surface area contributed by atoms with Crippen LogP contribution in [-0.4, -0.2) is 112 Å². The number of nitrogens with zero attached hydrogens (tertiary/aromatic N) is 4. The zero-order valence-electron chi connectivity index (χ0n) is 35.0. The van der Waals surface area contributed by atoms with Crippen molar-refractivity contribution in [3.63, 3.8) is 0 Å². The molecule has 0 bridgehead atoms. The summed E-state index contributed by atoms with van der Waals surface area (Å²) in [4.78, 5) is 76.0. The molecule has 350 valence electrons. The summed E-state index contributed by atoms with van der Waals surface area (Å²) in [6, 6.07) is 0. The van der Waals surface area contributed by atoms with Gasteiger partial charge in [-0.3, -0.25) is 27.7 Å². The van der Waals surface area contributed by atoms with Crippen molar-refractivity contribution < 1.29 is 75.7 Å². The van der Waals surface area contributed by atoms with Crippen LogP contribution in [0.1, 0.15) is 123 Å². The maximum Gasteiger partial charge on any atom is 0.481 e. The van der Waals surface area contributed by atoms with Crippen LogP contribution in [0.5, 0.6) is 0 Å². The summed E-state index contributed by atoms with van der Waals surface area (Å²) in [6.45, 7) is 3.25. The number of aliphatic hydroxyl groups excluding tert-OH is 2. The molecule has 3 heterocycles. The third-order valence-electron chi connectivity index (χ3n) is 9.93. The highest BCUT2D eigenvalue weighted by Gasteiger charge is 2.50. The Morgan fingerprint density at radius 2 is 1.44 bits per heavy atom. The van der Waals surface area contributed by atoms with Gasteiger partial charge in [0.1, 0.15) is 36.3 Å². The van der Waals surface area contributed by atoms with Gasteiger partial charge in [-0.1, -0.05) is 104 Å². The van der Waals surface area contributed by atoms with Crippen LogP contribution in [0.25, 0.3) is 11.2 Å². The van der Waals surface area contributed by atoms with Crippen molar-refractivity contribution >= 4 is 52.3 Å². The summed E-state index contributed by atoms with van der Waals surface area (Å²) in [5.74, 6) is -1.23. The molecule has 10 N–H and O–H groups in total. The van der Waals surface area contributed by atoms with E-state index in [0.29, 0.717) is 6.54 Å². The number of phosphoric acid groups is 3. The Morgan fingerprint density at radius 3 is 2.03 bits per heavy atom. The van der Waals surface area contributed by atoms with E-state index in [0.717, 1.165) is 36.5 Å². The molecule has 1 saturated heterocycles. The number of carbonyl (C=O) groups excluding carboxylic acids is 2. The predicted octanol–water partition coefficient (Wildman–Crippen LogP) is 3.89. The number of hydrogen-bond acceptors (Lipinski definition) is 16. The van der Waals surface area contributed by atoms with E-state index in [9.17, 15) is 53.1 Å². The zero-order chi connectivity index (χ0) is 45.3. The first-order valence-corrected chi connectivity index (χ1v) is 25.1. The predicted molar refractivity (Wildman–Crippen MR) is 220 cm³/mol. The van der Waals surface area contributed by atoms with Crippen LogP contribution < -0.4 is 16.4 Å². The number of nitrogens with one attached hydrogen (secondary N) is 2. The molecule has 0 spiro atoms. The number of aromatic nitrogens is 4. The van der Waals surface area contributed by atoms with Crippen molar-refractivity contribution in [2.24, 2.45) is 5.41 Å². The molecule has 2 aromatic heterocycles. The van der Waals surface area contributed by atoms with Crippen molar-refractivity contribution in [1.29, 1.82) is 0 Å². The number of rotatable bonds is 31. The largest absolute Gasteiger partial charge is 0.481 e. The lowest BCUT2D eigenvalue weighted by atomic mass is 9.87. The molecule has 0 aliphatic carbocycles. The van der Waals surface area contributed by atoms with Gasteiger partial charge in [0.2, 0.25) is 11.8 Å². The SMILES string of the molecule is CCCCCCCCCCCCCCCCNC(=O)CCNC(=O)C(O)C(C)(C)COP(=O)(O)OP(=O)(O)OCC1OC(n2cnc3c(N)ncnc32)C(O)C1OP(=O)(O)O. The van der Waals surface area contributed by atoms with E-state index in [4.69, 9.17) is 19.5 Å². The van der Waals surface area contributed by atoms with Gasteiger partial charge in [-0.2, -0.15) is 4.31 Å². The van der Waals surface area contributed by atoms with Crippen molar-refractivity contribution in [2.75, 3.05) is 32.0 Å². The number of phosphoric ester groups is 3. The first-order chi connectivity index (χ1) is 28.7. The lowest BCUT2D eigenvalue weighted by molar-refractivity contribution is -0.137. The minimum absolute atomic E-state index is 0.0316. The third-order valence-corrected chi connectivity index (χ3v) is 13.0. The van der Waals surface area contributed by atoms with Crippen LogP contribution in [0.4, 0.5) is 5.82 Å². The number of ether oxygens (including phenoxy) is 1. The Bertz CT molecular complexity index is 1820. The standard InChI is InChI=1S/C35H64N7O16P3/c1-4-5-6-7-8-9-10-11-12-13-14-15-16-17-19-37-26(43)18-20-38-33(46)30(45)35(2,3)22-55-61(52,53)58-60(50,51)54-21-25-29(57-59(47,48)49)28(44)34(56-25)42-24-41-27-31(36)39-23-40-32(27)42/h23-25,28-30,34,44-45H,4-22H2,1-3H3,(H,37,43)(H,38,46)(H,50,51)(H,52,53)(H2,36,39,40)(H2,47,48,49). The Kier molecular flexibility index (Phi) is 21.8. The van der Waals surface area contributed by atoms with Crippen LogP contribution in [0, 0.1) is 5.41 Å². The smallest absolute Gasteiger partial charge is 0.386 e. The lowest BCUT2D eigenvalue weighted by Crippen LogP contribution is -2.46. The topological polar surface area (TPSA) is 347 Å². The molecule has 1 fully saturated rings. The van der Waals surface area contributed by atoms with Crippen molar-refractivity contribution in [2.45, 2.75) is 148 Å². The van der Waals surface area contributed by atoms with Crippen LogP contribution in [0.15, 0.2) is 12.7 Å². The van der Waals surface area contributed by atoms with Gasteiger partial charge in [-0.05, 0) is 6.42 Å². The molecule has 0 aromatic carbocycles. The molecule has 1 aliphatic heterocycles. The Hall–Kier alpha value is -2.46. The van der Waals surface area contributed by atoms with Crippen molar-refractivity contribution in [3.8, 4) is 0 Å². The van der Waals surface area contributed by atoms with E-state index in [-0.39, 0.29) is 35.9 Å². The molecule has 26 heteroatoms. The average molecular weight is 932 g/mol. The van der Waals surface area contributed by atoms with Gasteiger partial charge in [0.25, 0.3) is 0 Å². The monoisotopic (exact) mass is 931 g/mol. The fourth-order valence-corrected chi connectivity index (χ4v) is 9.32. The number of nitrogen functional groups attached to an aromatic ring is 1. The lowest BCUT2D eigenvalue weighted by Gasteiger charge is -2.30. The second-order valence-electron chi connectivity index (χ2n) is 15.7. The summed E-state index contributed by atoms with van der Waals surface area (Å²) in [5.41, 5.74) is 4.34. The Balaban J connectivity index is 1.36.